The van der Waals surface area contributed by atoms with E-state index in [0.29, 0.717) is 13.2 Å². The number of ether oxygens (including phenoxy) is 1. The first-order valence-electron chi connectivity index (χ1n) is 3.78. The van der Waals surface area contributed by atoms with Crippen molar-refractivity contribution < 1.29 is 9.84 Å². The van der Waals surface area contributed by atoms with E-state index in [2.05, 4.69) is 9.97 Å². The molecule has 1 fully saturated rings. The Morgan fingerprint density at radius 3 is 3.17 bits per heavy atom. The first-order valence-corrected chi connectivity index (χ1v) is 4.66. The molecular formula is C7H10N2O2S. The highest BCUT2D eigenvalue weighted by atomic mass is 32.2. The normalized spacial score (nSPS) is 29.4. The molecule has 0 aliphatic carbocycles. The lowest BCUT2D eigenvalue weighted by atomic mass is 10.3. The van der Waals surface area contributed by atoms with Gasteiger partial charge in [0.1, 0.15) is 0 Å². The van der Waals surface area contributed by atoms with Crippen molar-refractivity contribution in [3.63, 3.8) is 0 Å². The van der Waals surface area contributed by atoms with Crippen LogP contribution in [-0.2, 0) is 4.74 Å². The third-order valence-electron chi connectivity index (χ3n) is 1.74. The molecule has 1 aliphatic heterocycles. The minimum absolute atomic E-state index is 0.121. The van der Waals surface area contributed by atoms with Crippen LogP contribution in [0.4, 0.5) is 0 Å². The molecule has 2 rings (SSSR count). The third-order valence-corrected chi connectivity index (χ3v) is 2.94. The molecular weight excluding hydrogens is 176 g/mol. The minimum atomic E-state index is -0.361. The average Bonchev–Trinajstić information content (AvgIpc) is 2.65. The van der Waals surface area contributed by atoms with E-state index in [0.717, 1.165) is 5.16 Å². The van der Waals surface area contributed by atoms with Crippen LogP contribution in [0, 0.1) is 0 Å². The zero-order valence-corrected chi connectivity index (χ0v) is 7.25. The average molecular weight is 186 g/mol. The van der Waals surface area contributed by atoms with Crippen molar-refractivity contribution in [3.05, 3.63) is 12.4 Å². The van der Waals surface area contributed by atoms with Crippen molar-refractivity contribution in [2.75, 3.05) is 13.2 Å². The highest BCUT2D eigenvalue weighted by molar-refractivity contribution is 7.99. The van der Waals surface area contributed by atoms with Crippen molar-refractivity contribution in [1.82, 2.24) is 9.97 Å². The Labute approximate surface area is 74.3 Å². The maximum absolute atomic E-state index is 9.40. The largest absolute Gasteiger partial charge is 0.389 e. The Hall–Kier alpha value is -0.520. The van der Waals surface area contributed by atoms with Gasteiger partial charge in [0.2, 0.25) is 0 Å². The molecule has 2 atom stereocenters. The van der Waals surface area contributed by atoms with Gasteiger partial charge in [-0.3, -0.25) is 0 Å². The van der Waals surface area contributed by atoms with Crippen molar-refractivity contribution in [1.29, 1.82) is 0 Å². The van der Waals surface area contributed by atoms with Crippen molar-refractivity contribution in [2.45, 2.75) is 16.5 Å². The summed E-state index contributed by atoms with van der Waals surface area (Å²) in [5.41, 5.74) is 0. The number of aliphatic hydroxyl groups is 1. The lowest BCUT2D eigenvalue weighted by Gasteiger charge is -2.08. The van der Waals surface area contributed by atoms with Crippen LogP contribution in [-0.4, -0.2) is 39.6 Å². The van der Waals surface area contributed by atoms with Gasteiger partial charge in [-0.15, -0.1) is 0 Å². The summed E-state index contributed by atoms with van der Waals surface area (Å²) in [6.45, 7) is 1.05. The van der Waals surface area contributed by atoms with Gasteiger partial charge >= 0.3 is 0 Å². The second-order valence-corrected chi connectivity index (χ2v) is 3.88. The topological polar surface area (TPSA) is 58.1 Å². The molecule has 2 N–H and O–H groups in total. The highest BCUT2D eigenvalue weighted by Crippen LogP contribution is 2.25. The predicted octanol–water partition coefficient (Wildman–Crippen LogP) is 0.261. The highest BCUT2D eigenvalue weighted by Gasteiger charge is 2.27. The van der Waals surface area contributed by atoms with E-state index < -0.39 is 0 Å². The van der Waals surface area contributed by atoms with Crippen LogP contribution in [0.2, 0.25) is 0 Å². The maximum Gasteiger partial charge on any atom is 0.165 e. The number of imidazole rings is 1. The van der Waals surface area contributed by atoms with Crippen LogP contribution >= 0.6 is 11.8 Å². The van der Waals surface area contributed by atoms with Crippen LogP contribution in [0.25, 0.3) is 0 Å². The number of aromatic nitrogens is 2. The first-order chi connectivity index (χ1) is 5.86. The second-order valence-electron chi connectivity index (χ2n) is 2.66. The summed E-state index contributed by atoms with van der Waals surface area (Å²) in [6, 6.07) is 0. The zero-order chi connectivity index (χ0) is 8.39. The molecule has 1 aromatic heterocycles. The molecule has 0 bridgehead atoms. The van der Waals surface area contributed by atoms with E-state index in [1.165, 1.54) is 11.8 Å². The molecule has 0 spiro atoms. The first kappa shape index (κ1) is 8.10. The number of aliphatic hydroxyl groups excluding tert-OH is 1. The Balaban J connectivity index is 1.95. The van der Waals surface area contributed by atoms with Crippen LogP contribution in [0.15, 0.2) is 17.6 Å². The molecule has 66 valence electrons. The van der Waals surface area contributed by atoms with Gasteiger partial charge in [0.15, 0.2) is 5.16 Å². The number of hydrogen-bond acceptors (Lipinski definition) is 4. The summed E-state index contributed by atoms with van der Waals surface area (Å²) in [5.74, 6) is 0. The number of hydrogen-bond donors (Lipinski definition) is 2. The third kappa shape index (κ3) is 1.63. The Morgan fingerprint density at radius 1 is 1.67 bits per heavy atom. The lowest BCUT2D eigenvalue weighted by molar-refractivity contribution is 0.127. The monoisotopic (exact) mass is 186 g/mol. The van der Waals surface area contributed by atoms with Gasteiger partial charge in [-0.25, -0.2) is 4.98 Å². The van der Waals surface area contributed by atoms with Crippen LogP contribution in [0.3, 0.4) is 0 Å². The van der Waals surface area contributed by atoms with Crippen molar-refractivity contribution in [2.24, 2.45) is 0 Å². The molecule has 1 aliphatic rings. The smallest absolute Gasteiger partial charge is 0.165 e. The summed E-state index contributed by atoms with van der Waals surface area (Å²) in [6.07, 6.45) is 3.11. The van der Waals surface area contributed by atoms with Crippen molar-refractivity contribution >= 4 is 11.8 Å². The summed E-state index contributed by atoms with van der Waals surface area (Å²) in [5, 5.41) is 10.4. The lowest BCUT2D eigenvalue weighted by Crippen LogP contribution is -2.19. The number of thioether (sulfide) groups is 1. The molecule has 4 nitrogen and oxygen atoms in total. The number of rotatable bonds is 2. The van der Waals surface area contributed by atoms with Gasteiger partial charge in [-0.1, -0.05) is 11.8 Å². The van der Waals surface area contributed by atoms with Gasteiger partial charge in [-0.05, 0) is 0 Å². The van der Waals surface area contributed by atoms with Crippen molar-refractivity contribution in [3.8, 4) is 0 Å². The summed E-state index contributed by atoms with van der Waals surface area (Å²) < 4.78 is 5.11. The molecule has 2 heterocycles. The molecule has 5 heteroatoms. The number of nitrogens with zero attached hydrogens (tertiary/aromatic N) is 1. The van der Waals surface area contributed by atoms with Crippen LogP contribution < -0.4 is 0 Å². The molecule has 1 saturated heterocycles. The van der Waals surface area contributed by atoms with E-state index in [1.54, 1.807) is 12.4 Å². The predicted molar refractivity (Wildman–Crippen MR) is 45.1 cm³/mol. The van der Waals surface area contributed by atoms with Gasteiger partial charge in [0.25, 0.3) is 0 Å². The quantitative estimate of drug-likeness (QED) is 0.695. The Kier molecular flexibility index (Phi) is 2.34. The summed E-state index contributed by atoms with van der Waals surface area (Å²) >= 11 is 1.52. The van der Waals surface area contributed by atoms with Gasteiger partial charge in [0.05, 0.1) is 24.6 Å². The number of H-pyrrole nitrogens is 1. The maximum atomic E-state index is 9.40. The molecule has 0 radical (unpaired) electrons. The van der Waals surface area contributed by atoms with Crippen LogP contribution in [0.1, 0.15) is 0 Å². The fourth-order valence-corrected chi connectivity index (χ4v) is 2.04. The zero-order valence-electron chi connectivity index (χ0n) is 6.43. The number of nitrogens with one attached hydrogen (secondary N) is 1. The molecule has 1 aromatic rings. The van der Waals surface area contributed by atoms with Gasteiger partial charge in [-0.2, -0.15) is 0 Å². The molecule has 0 saturated carbocycles. The minimum Gasteiger partial charge on any atom is -0.389 e. The fraction of sp³-hybridized carbons (Fsp3) is 0.571. The van der Waals surface area contributed by atoms with Gasteiger partial charge < -0.3 is 14.8 Å². The van der Waals surface area contributed by atoms with E-state index in [9.17, 15) is 5.11 Å². The van der Waals surface area contributed by atoms with E-state index in [1.807, 2.05) is 0 Å². The standard InChI is InChI=1S/C7H10N2O2S/c10-5-3-11-4-6(5)12-7-8-1-2-9-7/h1-2,5-6,10H,3-4H2,(H,8,9). The Bertz CT molecular complexity index is 240. The second kappa shape index (κ2) is 3.47. The fourth-order valence-electron chi connectivity index (χ4n) is 1.09. The van der Waals surface area contributed by atoms with E-state index in [-0.39, 0.29) is 11.4 Å². The molecule has 0 amide bonds. The molecule has 2 unspecified atom stereocenters. The Morgan fingerprint density at radius 2 is 2.58 bits per heavy atom. The number of aromatic amines is 1. The summed E-state index contributed by atoms with van der Waals surface area (Å²) in [4.78, 5) is 7.02. The van der Waals surface area contributed by atoms with Gasteiger partial charge in [0, 0.05) is 12.4 Å². The summed E-state index contributed by atoms with van der Waals surface area (Å²) in [7, 11) is 0. The molecule has 12 heavy (non-hydrogen) atoms. The van der Waals surface area contributed by atoms with E-state index >= 15 is 0 Å². The van der Waals surface area contributed by atoms with Crippen LogP contribution in [0.5, 0.6) is 0 Å². The SMILES string of the molecule is OC1COCC1Sc1ncc[nH]1. The molecule has 0 aromatic carbocycles. The van der Waals surface area contributed by atoms with E-state index in [4.69, 9.17) is 4.74 Å².